The summed E-state index contributed by atoms with van der Waals surface area (Å²) in [5, 5.41) is 0. The monoisotopic (exact) mass is 282 g/mol. The van der Waals surface area contributed by atoms with Crippen molar-refractivity contribution in [3.63, 3.8) is 0 Å². The molecule has 5 aliphatic rings. The quantitative estimate of drug-likeness (QED) is 0.473. The third-order valence-electron chi connectivity index (χ3n) is 5.92. The highest BCUT2D eigenvalue weighted by Crippen LogP contribution is 2.59. The van der Waals surface area contributed by atoms with E-state index in [1.807, 2.05) is 0 Å². The Hall–Kier alpha value is -0.280. The molecule has 3 aliphatic heterocycles. The molecule has 1 saturated carbocycles. The molecule has 94 valence electrons. The summed E-state index contributed by atoms with van der Waals surface area (Å²) in [6, 6.07) is 0. The van der Waals surface area contributed by atoms with Crippen molar-refractivity contribution in [1.29, 1.82) is 0 Å². The van der Waals surface area contributed by atoms with Gasteiger partial charge in [0.05, 0.1) is 5.57 Å². The smallest absolute Gasteiger partial charge is 0.230 e. The summed E-state index contributed by atoms with van der Waals surface area (Å²) in [6.07, 6.45) is 5.27. The van der Waals surface area contributed by atoms with Crippen LogP contribution in [0.3, 0.4) is 0 Å². The molecule has 3 saturated heterocycles. The van der Waals surface area contributed by atoms with Crippen LogP contribution in [0.25, 0.3) is 0 Å². The molecule has 4 heteroatoms. The Bertz CT molecular complexity index is 536. The second kappa shape index (κ2) is 2.76. The zero-order valence-electron chi connectivity index (χ0n) is 10.3. The molecule has 0 radical (unpaired) electrons. The number of hydrogen-bond donors (Lipinski definition) is 0. The normalized spacial score (nSPS) is 46.1. The molecule has 18 heavy (non-hydrogen) atoms. The Balaban J connectivity index is 1.76. The third kappa shape index (κ3) is 0.894. The van der Waals surface area contributed by atoms with E-state index in [0.29, 0.717) is 0 Å². The number of halogens is 2. The first kappa shape index (κ1) is 10.5. The summed E-state index contributed by atoms with van der Waals surface area (Å²) in [7, 11) is 0. The molecule has 2 nitrogen and oxygen atoms in total. The highest BCUT2D eigenvalue weighted by Gasteiger charge is 2.70. The molecule has 0 N–H and O–H groups in total. The lowest BCUT2D eigenvalue weighted by molar-refractivity contribution is -0.878. The molecule has 4 bridgehead atoms. The molecular weight excluding hydrogens is 267 g/mol. The second-order valence-corrected chi connectivity index (χ2v) is 7.78. The molecule has 0 atom stereocenters. The maximum absolute atomic E-state index is 6.51. The van der Waals surface area contributed by atoms with E-state index in [1.165, 1.54) is 65.0 Å². The van der Waals surface area contributed by atoms with Crippen LogP contribution in [0.2, 0.25) is 0 Å². The van der Waals surface area contributed by atoms with Crippen LogP contribution < -0.4 is 0 Å². The largest absolute Gasteiger partial charge is 0.299 e. The van der Waals surface area contributed by atoms with Crippen molar-refractivity contribution in [1.82, 2.24) is 0 Å². The van der Waals surface area contributed by atoms with E-state index in [1.54, 1.807) is 5.82 Å². The molecule has 0 aromatic rings. The van der Waals surface area contributed by atoms with Crippen LogP contribution >= 0.6 is 23.2 Å². The highest BCUT2D eigenvalue weighted by molar-refractivity contribution is 6.53. The van der Waals surface area contributed by atoms with Gasteiger partial charge in [-0.2, -0.15) is 0 Å². The van der Waals surface area contributed by atoms with Gasteiger partial charge in [0, 0.05) is 12.0 Å². The van der Waals surface area contributed by atoms with Crippen molar-refractivity contribution < 1.29 is 8.97 Å². The second-order valence-electron chi connectivity index (χ2n) is 6.46. The molecule has 0 spiro atoms. The number of quaternary nitrogens is 2. The number of nitrogens with zero attached hydrogens (tertiary/aromatic N) is 2. The molecule has 5 rings (SSSR count). The number of hydrogen-bond acceptors (Lipinski definition) is 0. The fraction of sp³-hybridized carbons (Fsp3) is 0.571. The topological polar surface area (TPSA) is 0 Å². The zero-order valence-corrected chi connectivity index (χ0v) is 11.8. The standard InChI is InChI=1S/C14H16Cl2N2/c15-14(16)10-1-2-12(14)11(9-10)13-17-3-4-18(13,7-5-17)8-6-17/h1-2H,3-9H2/q+2. The van der Waals surface area contributed by atoms with Crippen LogP contribution in [0.5, 0.6) is 0 Å². The molecule has 0 aromatic carbocycles. The Morgan fingerprint density at radius 1 is 0.889 bits per heavy atom. The summed E-state index contributed by atoms with van der Waals surface area (Å²) >= 11 is 13.0. The van der Waals surface area contributed by atoms with Crippen molar-refractivity contribution in [2.24, 2.45) is 0 Å². The minimum Gasteiger partial charge on any atom is -0.230 e. The van der Waals surface area contributed by atoms with Crippen LogP contribution in [0.15, 0.2) is 34.7 Å². The SMILES string of the molecule is ClC1(Cl)C2=CC=C1C(=C1[N+]34CC[N+]1(CC3)CC4)C2. The van der Waals surface area contributed by atoms with Crippen LogP contribution in [-0.2, 0) is 0 Å². The number of allylic oxidation sites excluding steroid dienone is 5. The third-order valence-corrected chi connectivity index (χ3v) is 6.81. The molecule has 0 unspecified atom stereocenters. The van der Waals surface area contributed by atoms with Crippen LogP contribution in [0.4, 0.5) is 0 Å². The van der Waals surface area contributed by atoms with Crippen LogP contribution in [0.1, 0.15) is 6.42 Å². The maximum atomic E-state index is 6.51. The van der Waals surface area contributed by atoms with E-state index < -0.39 is 4.33 Å². The van der Waals surface area contributed by atoms with Crippen molar-refractivity contribution in [2.45, 2.75) is 10.8 Å². The van der Waals surface area contributed by atoms with Crippen LogP contribution in [-0.4, -0.2) is 52.6 Å². The van der Waals surface area contributed by atoms with Gasteiger partial charge < -0.3 is 0 Å². The highest BCUT2D eigenvalue weighted by atomic mass is 35.5. The Morgan fingerprint density at radius 2 is 1.44 bits per heavy atom. The predicted octanol–water partition coefficient (Wildman–Crippen LogP) is 2.32. The first-order valence-electron chi connectivity index (χ1n) is 6.84. The van der Waals surface area contributed by atoms with Crippen LogP contribution in [0, 0.1) is 0 Å². The number of alkyl halides is 2. The average Bonchev–Trinajstić information content (AvgIpc) is 3.09. The van der Waals surface area contributed by atoms with Crippen molar-refractivity contribution >= 4 is 23.2 Å². The first-order valence-corrected chi connectivity index (χ1v) is 7.60. The number of piperazine rings is 3. The van der Waals surface area contributed by atoms with Gasteiger partial charge in [0.1, 0.15) is 39.3 Å². The fourth-order valence-corrected chi connectivity index (χ4v) is 5.60. The summed E-state index contributed by atoms with van der Waals surface area (Å²) < 4.78 is 1.79. The van der Waals surface area contributed by atoms with E-state index in [4.69, 9.17) is 23.2 Å². The summed E-state index contributed by atoms with van der Waals surface area (Å²) in [5.74, 6) is 1.68. The van der Waals surface area contributed by atoms with E-state index in [2.05, 4.69) is 12.2 Å². The molecule has 0 aromatic heterocycles. The number of fused-ring (bicyclic) bond motifs is 2. The average molecular weight is 283 g/mol. The van der Waals surface area contributed by atoms with Gasteiger partial charge in [0.15, 0.2) is 4.33 Å². The van der Waals surface area contributed by atoms with Crippen molar-refractivity contribution in [2.75, 3.05) is 39.3 Å². The van der Waals surface area contributed by atoms with Gasteiger partial charge in [-0.15, -0.1) is 0 Å². The number of rotatable bonds is 0. The van der Waals surface area contributed by atoms with Gasteiger partial charge in [0.25, 0.3) is 5.82 Å². The van der Waals surface area contributed by atoms with Gasteiger partial charge in [-0.3, -0.25) is 0 Å². The predicted molar refractivity (Wildman–Crippen MR) is 72.0 cm³/mol. The van der Waals surface area contributed by atoms with Gasteiger partial charge >= 0.3 is 0 Å². The van der Waals surface area contributed by atoms with Crippen molar-refractivity contribution in [3.05, 3.63) is 34.7 Å². The summed E-state index contributed by atoms with van der Waals surface area (Å²) in [6.45, 7) is 8.02. The zero-order chi connectivity index (χ0) is 12.2. The minimum atomic E-state index is -0.717. The van der Waals surface area contributed by atoms with E-state index >= 15 is 0 Å². The minimum absolute atomic E-state index is 0.717. The summed E-state index contributed by atoms with van der Waals surface area (Å²) in [5.41, 5.74) is 3.87. The van der Waals surface area contributed by atoms with Gasteiger partial charge in [-0.1, -0.05) is 35.4 Å². The Morgan fingerprint density at radius 3 is 1.83 bits per heavy atom. The lowest BCUT2D eigenvalue weighted by Crippen LogP contribution is -2.56. The maximum Gasteiger partial charge on any atom is 0.299 e. The van der Waals surface area contributed by atoms with Gasteiger partial charge in [-0.05, 0) is 5.57 Å². The van der Waals surface area contributed by atoms with E-state index in [9.17, 15) is 0 Å². The molecule has 2 aliphatic carbocycles. The van der Waals surface area contributed by atoms with Gasteiger partial charge in [-0.25, -0.2) is 8.97 Å². The summed E-state index contributed by atoms with van der Waals surface area (Å²) in [4.78, 5) is 0. The molecular formula is C14H16Cl2N2+2. The van der Waals surface area contributed by atoms with E-state index in [-0.39, 0.29) is 0 Å². The molecule has 3 heterocycles. The Labute approximate surface area is 117 Å². The lowest BCUT2D eigenvalue weighted by atomic mass is 10.1. The van der Waals surface area contributed by atoms with Gasteiger partial charge in [0.2, 0.25) is 0 Å². The molecule has 0 amide bonds. The first-order chi connectivity index (χ1) is 8.58. The van der Waals surface area contributed by atoms with E-state index in [0.717, 1.165) is 6.42 Å². The fourth-order valence-electron chi connectivity index (χ4n) is 4.99. The lowest BCUT2D eigenvalue weighted by Gasteiger charge is -2.31. The molecule has 4 fully saturated rings. The van der Waals surface area contributed by atoms with Crippen molar-refractivity contribution in [3.8, 4) is 0 Å². The Kier molecular flexibility index (Phi) is 1.61.